The molecule has 0 spiro atoms. The number of aromatic hydroxyl groups is 1. The number of allylic oxidation sites excluding steroid dienone is 1. The molecule has 1 aliphatic heterocycles. The summed E-state index contributed by atoms with van der Waals surface area (Å²) in [4.78, 5) is 12.4. The Balaban J connectivity index is 1.59. The van der Waals surface area contributed by atoms with Gasteiger partial charge in [0, 0.05) is 18.5 Å². The van der Waals surface area contributed by atoms with Crippen molar-refractivity contribution in [2.45, 2.75) is 17.9 Å². The Kier molecular flexibility index (Phi) is 5.75. The van der Waals surface area contributed by atoms with Crippen molar-refractivity contribution < 1.29 is 19.4 Å². The maximum Gasteiger partial charge on any atom is 0.342 e. The van der Waals surface area contributed by atoms with Crippen LogP contribution in [-0.4, -0.2) is 37.9 Å². The summed E-state index contributed by atoms with van der Waals surface area (Å²) >= 11 is 0. The van der Waals surface area contributed by atoms with Crippen molar-refractivity contribution in [1.82, 2.24) is 5.32 Å². The SMILES string of the molecule is COC(=O)c1c(O)ccc2c1C=CC(c1ccccc1)(c1ccc(C3CNCCO3)cc1)C2. The van der Waals surface area contributed by atoms with E-state index in [9.17, 15) is 9.90 Å². The summed E-state index contributed by atoms with van der Waals surface area (Å²) < 4.78 is 10.8. The molecule has 5 rings (SSSR count). The van der Waals surface area contributed by atoms with E-state index in [4.69, 9.17) is 9.47 Å². The number of morpholine rings is 1. The quantitative estimate of drug-likeness (QED) is 0.588. The molecule has 1 heterocycles. The molecular weight excluding hydrogens is 414 g/mol. The third-order valence-corrected chi connectivity index (χ3v) is 6.72. The molecule has 1 saturated heterocycles. The molecule has 0 radical (unpaired) electrons. The van der Waals surface area contributed by atoms with Crippen LogP contribution in [0.5, 0.6) is 5.75 Å². The van der Waals surface area contributed by atoms with Gasteiger partial charge in [-0.2, -0.15) is 0 Å². The third kappa shape index (κ3) is 3.84. The molecule has 1 aliphatic carbocycles. The van der Waals surface area contributed by atoms with Crippen LogP contribution in [0.1, 0.15) is 44.3 Å². The van der Waals surface area contributed by atoms with Gasteiger partial charge in [0.1, 0.15) is 11.3 Å². The second kappa shape index (κ2) is 8.85. The normalized spacial score (nSPS) is 21.9. The molecule has 2 atom stereocenters. The number of phenolic OH excluding ortho intramolecular Hbond substituents is 1. The number of fused-ring (bicyclic) bond motifs is 1. The molecule has 0 saturated carbocycles. The Morgan fingerprint density at radius 3 is 2.52 bits per heavy atom. The zero-order valence-corrected chi connectivity index (χ0v) is 18.6. The molecule has 2 N–H and O–H groups in total. The number of methoxy groups -OCH3 is 1. The smallest absolute Gasteiger partial charge is 0.342 e. The number of carbonyl (C=O) groups excluding carboxylic acids is 1. The minimum Gasteiger partial charge on any atom is -0.507 e. The average molecular weight is 442 g/mol. The van der Waals surface area contributed by atoms with Crippen LogP contribution in [0.4, 0.5) is 0 Å². The molecule has 2 aliphatic rings. The van der Waals surface area contributed by atoms with Crippen LogP contribution < -0.4 is 5.32 Å². The molecule has 168 valence electrons. The van der Waals surface area contributed by atoms with E-state index in [2.05, 4.69) is 47.8 Å². The first kappa shape index (κ1) is 21.4. The predicted octanol–water partition coefficient (Wildman–Crippen LogP) is 4.40. The zero-order chi connectivity index (χ0) is 22.8. The second-order valence-electron chi connectivity index (χ2n) is 8.56. The average Bonchev–Trinajstić information content (AvgIpc) is 2.89. The van der Waals surface area contributed by atoms with Gasteiger partial charge < -0.3 is 19.9 Å². The fourth-order valence-corrected chi connectivity index (χ4v) is 4.97. The third-order valence-electron chi connectivity index (χ3n) is 6.72. The topological polar surface area (TPSA) is 67.8 Å². The number of nitrogens with one attached hydrogen (secondary N) is 1. The van der Waals surface area contributed by atoms with Crippen LogP contribution in [0.25, 0.3) is 6.08 Å². The number of ether oxygens (including phenoxy) is 2. The second-order valence-corrected chi connectivity index (χ2v) is 8.56. The van der Waals surface area contributed by atoms with E-state index in [1.165, 1.54) is 12.7 Å². The van der Waals surface area contributed by atoms with Crippen molar-refractivity contribution in [3.05, 3.63) is 106 Å². The summed E-state index contributed by atoms with van der Waals surface area (Å²) in [6, 6.07) is 22.5. The maximum absolute atomic E-state index is 12.4. The van der Waals surface area contributed by atoms with Gasteiger partial charge in [0.15, 0.2) is 0 Å². The molecule has 0 aromatic heterocycles. The minimum absolute atomic E-state index is 0.0636. The van der Waals surface area contributed by atoms with Crippen molar-refractivity contribution in [3.63, 3.8) is 0 Å². The van der Waals surface area contributed by atoms with Crippen LogP contribution in [0, 0.1) is 0 Å². The minimum atomic E-state index is -0.536. The molecule has 3 aromatic carbocycles. The summed E-state index contributed by atoms with van der Waals surface area (Å²) in [5.41, 5.74) is 5.01. The lowest BCUT2D eigenvalue weighted by molar-refractivity contribution is 0.0277. The fourth-order valence-electron chi connectivity index (χ4n) is 4.97. The summed E-state index contributed by atoms with van der Waals surface area (Å²) in [5.74, 6) is -0.602. The van der Waals surface area contributed by atoms with Crippen LogP contribution >= 0.6 is 0 Å². The maximum atomic E-state index is 12.4. The number of phenols is 1. The van der Waals surface area contributed by atoms with E-state index >= 15 is 0 Å². The van der Waals surface area contributed by atoms with Crippen LogP contribution in [-0.2, 0) is 21.3 Å². The highest BCUT2D eigenvalue weighted by atomic mass is 16.5. The Bertz CT molecular complexity index is 1180. The van der Waals surface area contributed by atoms with E-state index in [1.807, 2.05) is 30.3 Å². The number of hydrogen-bond acceptors (Lipinski definition) is 5. The van der Waals surface area contributed by atoms with Gasteiger partial charge in [0.25, 0.3) is 0 Å². The summed E-state index contributed by atoms with van der Waals surface area (Å²) in [5, 5.41) is 13.7. The molecule has 5 heteroatoms. The van der Waals surface area contributed by atoms with Crippen molar-refractivity contribution >= 4 is 12.0 Å². The zero-order valence-electron chi connectivity index (χ0n) is 18.6. The van der Waals surface area contributed by atoms with Gasteiger partial charge in [-0.25, -0.2) is 4.79 Å². The lowest BCUT2D eigenvalue weighted by atomic mass is 9.67. The highest BCUT2D eigenvalue weighted by Crippen LogP contribution is 2.43. The highest BCUT2D eigenvalue weighted by Gasteiger charge is 2.36. The first-order chi connectivity index (χ1) is 16.1. The van der Waals surface area contributed by atoms with Gasteiger partial charge in [-0.3, -0.25) is 0 Å². The van der Waals surface area contributed by atoms with Gasteiger partial charge in [0.05, 0.1) is 19.8 Å². The molecular formula is C28H27NO4. The summed E-state index contributed by atoms with van der Waals surface area (Å²) in [6.45, 7) is 2.42. The van der Waals surface area contributed by atoms with E-state index < -0.39 is 11.4 Å². The molecule has 1 fully saturated rings. The molecule has 2 unspecified atom stereocenters. The lowest BCUT2D eigenvalue weighted by Gasteiger charge is -2.36. The first-order valence-electron chi connectivity index (χ1n) is 11.2. The van der Waals surface area contributed by atoms with Crippen LogP contribution in [0.15, 0.2) is 72.8 Å². The summed E-state index contributed by atoms with van der Waals surface area (Å²) in [6.07, 6.45) is 4.81. The number of esters is 1. The van der Waals surface area contributed by atoms with Gasteiger partial charge >= 0.3 is 5.97 Å². The number of benzene rings is 3. The molecule has 0 amide bonds. The largest absolute Gasteiger partial charge is 0.507 e. The van der Waals surface area contributed by atoms with Gasteiger partial charge in [-0.05, 0) is 40.3 Å². The standard InChI is InChI=1S/C28H27NO4/c1-32-27(31)26-23-13-14-28(21-5-3-2-4-6-21,17-20(23)9-12-24(26)30)22-10-7-19(8-11-22)25-18-29-15-16-33-25/h2-14,25,29-30H,15-18H2,1H3. The van der Waals surface area contributed by atoms with Crippen LogP contribution in [0.3, 0.4) is 0 Å². The highest BCUT2D eigenvalue weighted by molar-refractivity contribution is 5.97. The van der Waals surface area contributed by atoms with Crippen molar-refractivity contribution in [1.29, 1.82) is 0 Å². The fraction of sp³-hybridized carbons (Fsp3) is 0.250. The molecule has 33 heavy (non-hydrogen) atoms. The first-order valence-corrected chi connectivity index (χ1v) is 11.2. The Morgan fingerprint density at radius 1 is 1.06 bits per heavy atom. The van der Waals surface area contributed by atoms with Gasteiger partial charge in [0.2, 0.25) is 0 Å². The van der Waals surface area contributed by atoms with Crippen molar-refractivity contribution in [3.8, 4) is 5.75 Å². The number of hydrogen-bond donors (Lipinski definition) is 2. The van der Waals surface area contributed by atoms with E-state index in [0.717, 1.165) is 36.4 Å². The van der Waals surface area contributed by atoms with Crippen molar-refractivity contribution in [2.75, 3.05) is 26.8 Å². The molecule has 0 bridgehead atoms. The van der Waals surface area contributed by atoms with Gasteiger partial charge in [-0.15, -0.1) is 0 Å². The Labute approximate surface area is 193 Å². The summed E-state index contributed by atoms with van der Waals surface area (Å²) in [7, 11) is 1.33. The lowest BCUT2D eigenvalue weighted by Crippen LogP contribution is -2.33. The number of carbonyl (C=O) groups is 1. The molecule has 5 nitrogen and oxygen atoms in total. The van der Waals surface area contributed by atoms with E-state index in [-0.39, 0.29) is 17.4 Å². The Hall–Kier alpha value is -3.41. The van der Waals surface area contributed by atoms with E-state index in [1.54, 1.807) is 6.07 Å². The number of rotatable bonds is 4. The monoisotopic (exact) mass is 441 g/mol. The van der Waals surface area contributed by atoms with E-state index in [0.29, 0.717) is 12.0 Å². The van der Waals surface area contributed by atoms with Crippen molar-refractivity contribution in [2.24, 2.45) is 0 Å². The van der Waals surface area contributed by atoms with Gasteiger partial charge in [-0.1, -0.05) is 72.8 Å². The van der Waals surface area contributed by atoms with Crippen LogP contribution in [0.2, 0.25) is 0 Å². The predicted molar refractivity (Wildman–Crippen MR) is 127 cm³/mol. The Morgan fingerprint density at radius 2 is 1.82 bits per heavy atom. The molecule has 3 aromatic rings.